The lowest BCUT2D eigenvalue weighted by Crippen LogP contribution is -2.32. The number of nitrogens with two attached hydrogens (primary N) is 1. The van der Waals surface area contributed by atoms with Crippen molar-refractivity contribution in [3.63, 3.8) is 0 Å². The van der Waals surface area contributed by atoms with Gasteiger partial charge in [-0.15, -0.1) is 0 Å². The van der Waals surface area contributed by atoms with Gasteiger partial charge in [-0.05, 0) is 45.0 Å². The molecule has 2 N–H and O–H groups in total. The predicted octanol–water partition coefficient (Wildman–Crippen LogP) is 2.21. The Morgan fingerprint density at radius 2 is 2.00 bits per heavy atom. The van der Waals surface area contributed by atoms with Crippen LogP contribution in [0.1, 0.15) is 37.9 Å². The first kappa shape index (κ1) is 10.4. The number of anilines is 1. The minimum absolute atomic E-state index is 0.397. The summed E-state index contributed by atoms with van der Waals surface area (Å²) in [4.78, 5) is 6.88. The second-order valence-corrected chi connectivity index (χ2v) is 4.26. The van der Waals surface area contributed by atoms with E-state index in [1.807, 2.05) is 12.1 Å². The fourth-order valence-corrected chi connectivity index (χ4v) is 2.19. The molecule has 2 rings (SSSR count). The van der Waals surface area contributed by atoms with Gasteiger partial charge in [0.25, 0.3) is 0 Å². The largest absolute Gasteiger partial charge is 0.384 e. The van der Waals surface area contributed by atoms with E-state index in [1.54, 1.807) is 0 Å². The van der Waals surface area contributed by atoms with E-state index in [2.05, 4.69) is 22.9 Å². The van der Waals surface area contributed by atoms with E-state index in [9.17, 15) is 0 Å². The van der Waals surface area contributed by atoms with Crippen molar-refractivity contribution in [2.45, 2.75) is 32.2 Å². The minimum atomic E-state index is 0.397. The van der Waals surface area contributed by atoms with Crippen LogP contribution in [0.4, 0.5) is 5.82 Å². The van der Waals surface area contributed by atoms with Gasteiger partial charge in [-0.25, -0.2) is 4.98 Å². The van der Waals surface area contributed by atoms with Gasteiger partial charge in [-0.2, -0.15) is 0 Å². The molecule has 0 bridgehead atoms. The van der Waals surface area contributed by atoms with Gasteiger partial charge in [0.15, 0.2) is 0 Å². The van der Waals surface area contributed by atoms with Crippen LogP contribution in [0.3, 0.4) is 0 Å². The number of aromatic nitrogens is 1. The molecule has 2 heterocycles. The first-order chi connectivity index (χ1) is 7.27. The van der Waals surface area contributed by atoms with Gasteiger partial charge in [0, 0.05) is 6.04 Å². The van der Waals surface area contributed by atoms with Gasteiger partial charge in [0.2, 0.25) is 0 Å². The SMILES string of the molecule is CC(c1cccc(N)n1)N1CCCCC1. The topological polar surface area (TPSA) is 42.1 Å². The summed E-state index contributed by atoms with van der Waals surface area (Å²) in [6.45, 7) is 4.60. The first-order valence-electron chi connectivity index (χ1n) is 5.74. The Morgan fingerprint density at radius 3 is 2.67 bits per heavy atom. The molecule has 1 unspecified atom stereocenters. The van der Waals surface area contributed by atoms with E-state index in [4.69, 9.17) is 5.73 Å². The highest BCUT2D eigenvalue weighted by atomic mass is 15.2. The Morgan fingerprint density at radius 1 is 1.27 bits per heavy atom. The van der Waals surface area contributed by atoms with Crippen LogP contribution in [-0.2, 0) is 0 Å². The van der Waals surface area contributed by atoms with Crippen molar-refractivity contribution in [1.29, 1.82) is 0 Å². The quantitative estimate of drug-likeness (QED) is 0.805. The van der Waals surface area contributed by atoms with Crippen molar-refractivity contribution in [3.8, 4) is 0 Å². The third-order valence-corrected chi connectivity index (χ3v) is 3.16. The van der Waals surface area contributed by atoms with Crippen molar-refractivity contribution in [2.75, 3.05) is 18.8 Å². The van der Waals surface area contributed by atoms with Crippen LogP contribution in [0.2, 0.25) is 0 Å². The Hall–Kier alpha value is -1.09. The van der Waals surface area contributed by atoms with Gasteiger partial charge in [0.05, 0.1) is 5.69 Å². The molecule has 0 radical (unpaired) electrons. The van der Waals surface area contributed by atoms with Crippen LogP contribution in [0.5, 0.6) is 0 Å². The molecule has 0 amide bonds. The third-order valence-electron chi connectivity index (χ3n) is 3.16. The molecule has 3 nitrogen and oxygen atoms in total. The molecule has 1 fully saturated rings. The number of hydrogen-bond acceptors (Lipinski definition) is 3. The number of nitrogen functional groups attached to an aromatic ring is 1. The lowest BCUT2D eigenvalue weighted by Gasteiger charge is -2.31. The molecule has 0 saturated carbocycles. The van der Waals surface area contributed by atoms with E-state index in [0.29, 0.717) is 11.9 Å². The zero-order valence-electron chi connectivity index (χ0n) is 9.32. The average Bonchev–Trinajstić information content (AvgIpc) is 2.29. The molecule has 1 aliphatic rings. The van der Waals surface area contributed by atoms with Crippen LogP contribution >= 0.6 is 0 Å². The van der Waals surface area contributed by atoms with E-state index < -0.39 is 0 Å². The normalized spacial score (nSPS) is 20.1. The van der Waals surface area contributed by atoms with Crippen LogP contribution in [0, 0.1) is 0 Å². The zero-order valence-corrected chi connectivity index (χ0v) is 9.32. The standard InChI is InChI=1S/C12H19N3/c1-10(15-8-3-2-4-9-15)11-6-5-7-12(13)14-11/h5-7,10H,2-4,8-9H2,1H3,(H2,13,14). The molecule has 1 aliphatic heterocycles. The summed E-state index contributed by atoms with van der Waals surface area (Å²) in [6.07, 6.45) is 3.99. The summed E-state index contributed by atoms with van der Waals surface area (Å²) in [5, 5.41) is 0. The van der Waals surface area contributed by atoms with Crippen molar-refractivity contribution in [1.82, 2.24) is 9.88 Å². The molecule has 82 valence electrons. The third kappa shape index (κ3) is 2.48. The second-order valence-electron chi connectivity index (χ2n) is 4.26. The van der Waals surface area contributed by atoms with Crippen molar-refractivity contribution < 1.29 is 0 Å². The number of piperidine rings is 1. The van der Waals surface area contributed by atoms with Crippen LogP contribution in [0.25, 0.3) is 0 Å². The van der Waals surface area contributed by atoms with Crippen molar-refractivity contribution in [2.24, 2.45) is 0 Å². The number of nitrogens with zero attached hydrogens (tertiary/aromatic N) is 2. The molecule has 3 heteroatoms. The lowest BCUT2D eigenvalue weighted by molar-refractivity contribution is 0.172. The number of likely N-dealkylation sites (tertiary alicyclic amines) is 1. The van der Waals surface area contributed by atoms with E-state index in [1.165, 1.54) is 32.4 Å². The molecule has 1 atom stereocenters. The Bertz CT molecular complexity index is 318. The van der Waals surface area contributed by atoms with Crippen LogP contribution in [-0.4, -0.2) is 23.0 Å². The van der Waals surface area contributed by atoms with Crippen molar-refractivity contribution in [3.05, 3.63) is 23.9 Å². The molecule has 1 aromatic rings. The monoisotopic (exact) mass is 205 g/mol. The predicted molar refractivity (Wildman–Crippen MR) is 62.5 cm³/mol. The van der Waals surface area contributed by atoms with Crippen LogP contribution < -0.4 is 5.73 Å². The molecule has 0 spiro atoms. The second kappa shape index (κ2) is 4.62. The highest BCUT2D eigenvalue weighted by Gasteiger charge is 2.18. The number of rotatable bonds is 2. The fourth-order valence-electron chi connectivity index (χ4n) is 2.19. The minimum Gasteiger partial charge on any atom is -0.384 e. The molecule has 1 aromatic heterocycles. The molecule has 0 aromatic carbocycles. The summed E-state index contributed by atoms with van der Waals surface area (Å²) in [6, 6.07) is 6.29. The highest BCUT2D eigenvalue weighted by Crippen LogP contribution is 2.22. The van der Waals surface area contributed by atoms with Crippen LogP contribution in [0.15, 0.2) is 18.2 Å². The first-order valence-corrected chi connectivity index (χ1v) is 5.74. The molecule has 1 saturated heterocycles. The summed E-state index contributed by atoms with van der Waals surface area (Å²) in [7, 11) is 0. The summed E-state index contributed by atoms with van der Waals surface area (Å²) in [5.74, 6) is 0.622. The van der Waals surface area contributed by atoms with Gasteiger partial charge in [0.1, 0.15) is 5.82 Å². The number of hydrogen-bond donors (Lipinski definition) is 1. The highest BCUT2D eigenvalue weighted by molar-refractivity contribution is 5.29. The zero-order chi connectivity index (χ0) is 10.7. The van der Waals surface area contributed by atoms with Gasteiger partial charge in [-0.3, -0.25) is 4.90 Å². The van der Waals surface area contributed by atoms with Crippen molar-refractivity contribution >= 4 is 5.82 Å². The van der Waals surface area contributed by atoms with Gasteiger partial charge >= 0.3 is 0 Å². The van der Waals surface area contributed by atoms with E-state index in [0.717, 1.165) is 5.69 Å². The molecular weight excluding hydrogens is 186 g/mol. The van der Waals surface area contributed by atoms with E-state index >= 15 is 0 Å². The molecule has 0 aliphatic carbocycles. The Labute approximate surface area is 91.3 Å². The average molecular weight is 205 g/mol. The van der Waals surface area contributed by atoms with E-state index in [-0.39, 0.29) is 0 Å². The maximum atomic E-state index is 5.70. The Balaban J connectivity index is 2.08. The maximum absolute atomic E-state index is 5.70. The fraction of sp³-hybridized carbons (Fsp3) is 0.583. The Kier molecular flexibility index (Phi) is 3.21. The number of pyridine rings is 1. The van der Waals surface area contributed by atoms with Gasteiger partial charge in [-0.1, -0.05) is 12.5 Å². The lowest BCUT2D eigenvalue weighted by atomic mass is 10.1. The summed E-state index contributed by atoms with van der Waals surface area (Å²) in [5.41, 5.74) is 6.79. The smallest absolute Gasteiger partial charge is 0.123 e. The summed E-state index contributed by atoms with van der Waals surface area (Å²) >= 11 is 0. The maximum Gasteiger partial charge on any atom is 0.123 e. The molecule has 15 heavy (non-hydrogen) atoms. The summed E-state index contributed by atoms with van der Waals surface area (Å²) < 4.78 is 0. The van der Waals surface area contributed by atoms with Gasteiger partial charge < -0.3 is 5.73 Å². The molecular formula is C12H19N3.